The van der Waals surface area contributed by atoms with Crippen molar-refractivity contribution in [2.45, 2.75) is 52.3 Å². The molecule has 0 aromatic heterocycles. The van der Waals surface area contributed by atoms with Gasteiger partial charge in [0, 0.05) is 12.5 Å². The average molecular weight is 362 g/mol. The van der Waals surface area contributed by atoms with E-state index in [9.17, 15) is 9.59 Å². The van der Waals surface area contributed by atoms with Crippen molar-refractivity contribution in [2.75, 3.05) is 6.54 Å². The van der Waals surface area contributed by atoms with Gasteiger partial charge in [0.1, 0.15) is 12.6 Å². The highest BCUT2D eigenvalue weighted by atomic mass is 16.5. The van der Waals surface area contributed by atoms with Crippen molar-refractivity contribution in [2.24, 2.45) is 22.4 Å². The molecular formula is C19H30N4O3. The summed E-state index contributed by atoms with van der Waals surface area (Å²) in [4.78, 5) is 28.5. The first-order valence-corrected chi connectivity index (χ1v) is 8.87. The van der Waals surface area contributed by atoms with E-state index >= 15 is 0 Å². The van der Waals surface area contributed by atoms with E-state index in [1.807, 2.05) is 44.2 Å². The highest BCUT2D eigenvalue weighted by molar-refractivity contribution is 5.86. The molecule has 0 fully saturated rings. The minimum Gasteiger partial charge on any atom is -0.460 e. The molecule has 26 heavy (non-hydrogen) atoms. The third-order valence-electron chi connectivity index (χ3n) is 3.89. The van der Waals surface area contributed by atoms with Gasteiger partial charge in [0.05, 0.1) is 6.04 Å². The fourth-order valence-corrected chi connectivity index (χ4v) is 2.44. The minimum absolute atomic E-state index is 0.0301. The number of esters is 1. The van der Waals surface area contributed by atoms with Crippen LogP contribution < -0.4 is 16.8 Å². The van der Waals surface area contributed by atoms with E-state index in [1.165, 1.54) is 0 Å². The molecule has 0 aliphatic rings. The van der Waals surface area contributed by atoms with Crippen LogP contribution in [0, 0.1) is 5.92 Å². The van der Waals surface area contributed by atoms with Crippen LogP contribution in [-0.4, -0.2) is 36.3 Å². The second-order valence-electron chi connectivity index (χ2n) is 6.54. The summed E-state index contributed by atoms with van der Waals surface area (Å²) in [5, 5.41) is 3.09. The summed E-state index contributed by atoms with van der Waals surface area (Å²) in [6.45, 7) is 6.03. The first kappa shape index (κ1) is 21.6. The molecule has 0 aliphatic carbocycles. The predicted octanol–water partition coefficient (Wildman–Crippen LogP) is 1.36. The van der Waals surface area contributed by atoms with Crippen LogP contribution in [0.5, 0.6) is 0 Å². The fraction of sp³-hybridized carbons (Fsp3) is 0.526. The van der Waals surface area contributed by atoms with Crippen LogP contribution in [-0.2, 0) is 20.9 Å². The Balaban J connectivity index is 2.56. The molecule has 2 unspecified atom stereocenters. The van der Waals surface area contributed by atoms with E-state index in [1.54, 1.807) is 6.92 Å². The molecule has 5 N–H and O–H groups in total. The van der Waals surface area contributed by atoms with Crippen LogP contribution in [0.3, 0.4) is 0 Å². The van der Waals surface area contributed by atoms with Crippen LogP contribution in [0.25, 0.3) is 0 Å². The number of Topliss-reactive ketones (excluding diaryl/α,β-unsaturated/α-hetero) is 1. The van der Waals surface area contributed by atoms with E-state index in [2.05, 4.69) is 10.3 Å². The summed E-state index contributed by atoms with van der Waals surface area (Å²) >= 11 is 0. The third kappa shape index (κ3) is 8.11. The zero-order valence-corrected chi connectivity index (χ0v) is 15.8. The Hall–Kier alpha value is -2.41. The minimum atomic E-state index is -0.588. The van der Waals surface area contributed by atoms with Gasteiger partial charge in [0.25, 0.3) is 0 Å². The van der Waals surface area contributed by atoms with Crippen LogP contribution in [0.4, 0.5) is 0 Å². The molecule has 0 amide bonds. The highest BCUT2D eigenvalue weighted by Gasteiger charge is 2.25. The van der Waals surface area contributed by atoms with E-state index in [-0.39, 0.29) is 30.2 Å². The molecule has 0 saturated heterocycles. The van der Waals surface area contributed by atoms with Gasteiger partial charge in [-0.25, -0.2) is 0 Å². The standard InChI is InChI=1S/C19H30N4O3/c1-13(2)17(24)16(10-7-11-22-19(20)21)23-14(3)18(25)26-12-15-8-5-4-6-9-15/h4-6,8-9,13-14,16,23H,7,10-12H2,1-3H3,(H4,20,21,22). The van der Waals surface area contributed by atoms with E-state index < -0.39 is 12.1 Å². The topological polar surface area (TPSA) is 120 Å². The largest absolute Gasteiger partial charge is 0.460 e. The van der Waals surface area contributed by atoms with Gasteiger partial charge >= 0.3 is 5.97 Å². The molecule has 0 aliphatic heterocycles. The lowest BCUT2D eigenvalue weighted by Gasteiger charge is -2.23. The number of carbonyl (C=O) groups excluding carboxylic acids is 2. The first-order chi connectivity index (χ1) is 12.3. The second kappa shape index (κ2) is 11.3. The maximum Gasteiger partial charge on any atom is 0.323 e. The Morgan fingerprint density at radius 3 is 2.38 bits per heavy atom. The summed E-state index contributed by atoms with van der Waals surface area (Å²) in [6, 6.07) is 8.43. The van der Waals surface area contributed by atoms with E-state index in [4.69, 9.17) is 16.2 Å². The Kier molecular flexibility index (Phi) is 9.36. The molecule has 0 spiro atoms. The van der Waals surface area contributed by atoms with Gasteiger partial charge in [0.15, 0.2) is 11.7 Å². The number of nitrogens with zero attached hydrogens (tertiary/aromatic N) is 1. The summed E-state index contributed by atoms with van der Waals surface area (Å²) in [5.74, 6) is -0.442. The lowest BCUT2D eigenvalue weighted by molar-refractivity contribution is -0.147. The number of nitrogens with one attached hydrogen (secondary N) is 1. The summed E-state index contributed by atoms with van der Waals surface area (Å²) in [7, 11) is 0. The highest BCUT2D eigenvalue weighted by Crippen LogP contribution is 2.09. The molecule has 7 nitrogen and oxygen atoms in total. The lowest BCUT2D eigenvalue weighted by atomic mass is 9.97. The molecule has 7 heteroatoms. The molecule has 0 saturated carbocycles. The van der Waals surface area contributed by atoms with Gasteiger partial charge in [0.2, 0.25) is 0 Å². The van der Waals surface area contributed by atoms with Gasteiger partial charge in [-0.15, -0.1) is 0 Å². The van der Waals surface area contributed by atoms with Crippen molar-refractivity contribution in [1.29, 1.82) is 0 Å². The maximum absolute atomic E-state index is 12.4. The lowest BCUT2D eigenvalue weighted by Crippen LogP contribution is -2.47. The fourth-order valence-electron chi connectivity index (χ4n) is 2.44. The number of guanidine groups is 1. The van der Waals surface area contributed by atoms with Crippen molar-refractivity contribution >= 4 is 17.7 Å². The van der Waals surface area contributed by atoms with E-state index in [0.717, 1.165) is 5.56 Å². The normalized spacial score (nSPS) is 13.1. The third-order valence-corrected chi connectivity index (χ3v) is 3.89. The molecule has 0 bridgehead atoms. The number of hydrogen-bond donors (Lipinski definition) is 3. The number of nitrogens with two attached hydrogens (primary N) is 2. The zero-order chi connectivity index (χ0) is 19.5. The molecular weight excluding hydrogens is 332 g/mol. The van der Waals surface area contributed by atoms with Crippen LogP contribution in [0.15, 0.2) is 35.3 Å². The number of rotatable bonds is 11. The molecule has 144 valence electrons. The van der Waals surface area contributed by atoms with Crippen LogP contribution in [0.2, 0.25) is 0 Å². The van der Waals surface area contributed by atoms with Gasteiger partial charge in [-0.05, 0) is 25.3 Å². The van der Waals surface area contributed by atoms with Crippen molar-refractivity contribution < 1.29 is 14.3 Å². The Morgan fingerprint density at radius 1 is 1.15 bits per heavy atom. The van der Waals surface area contributed by atoms with Gasteiger partial charge in [-0.3, -0.25) is 19.9 Å². The summed E-state index contributed by atoms with van der Waals surface area (Å²) in [6.07, 6.45) is 1.18. The van der Waals surface area contributed by atoms with Crippen LogP contribution in [0.1, 0.15) is 39.2 Å². The monoisotopic (exact) mass is 362 g/mol. The molecule has 1 aromatic rings. The predicted molar refractivity (Wildman–Crippen MR) is 102 cm³/mol. The van der Waals surface area contributed by atoms with Crippen LogP contribution >= 0.6 is 0 Å². The molecule has 2 atom stereocenters. The Bertz CT molecular complexity index is 598. The summed E-state index contributed by atoms with van der Waals surface area (Å²) in [5.41, 5.74) is 11.5. The number of carbonyl (C=O) groups is 2. The SMILES string of the molecule is CC(C)C(=O)C(CCCN=C(N)N)NC(C)C(=O)OCc1ccccc1. The average Bonchev–Trinajstić information content (AvgIpc) is 2.61. The first-order valence-electron chi connectivity index (χ1n) is 8.87. The van der Waals surface area contributed by atoms with Gasteiger partial charge in [-0.1, -0.05) is 44.2 Å². The second-order valence-corrected chi connectivity index (χ2v) is 6.54. The van der Waals surface area contributed by atoms with Crippen molar-refractivity contribution in [3.8, 4) is 0 Å². The number of hydrogen-bond acceptors (Lipinski definition) is 5. The molecule has 1 aromatic carbocycles. The van der Waals surface area contributed by atoms with Gasteiger partial charge in [-0.2, -0.15) is 0 Å². The molecule has 1 rings (SSSR count). The maximum atomic E-state index is 12.4. The van der Waals surface area contributed by atoms with E-state index in [0.29, 0.717) is 19.4 Å². The summed E-state index contributed by atoms with van der Waals surface area (Å²) < 4.78 is 5.32. The Morgan fingerprint density at radius 2 is 1.81 bits per heavy atom. The Labute approximate surface area is 155 Å². The van der Waals surface area contributed by atoms with Crippen molar-refractivity contribution in [1.82, 2.24) is 5.32 Å². The number of ketones is 1. The quantitative estimate of drug-likeness (QED) is 0.237. The van der Waals surface area contributed by atoms with Crippen molar-refractivity contribution in [3.63, 3.8) is 0 Å². The van der Waals surface area contributed by atoms with Gasteiger partial charge < -0.3 is 16.2 Å². The zero-order valence-electron chi connectivity index (χ0n) is 15.8. The molecule has 0 radical (unpaired) electrons. The van der Waals surface area contributed by atoms with Crippen molar-refractivity contribution in [3.05, 3.63) is 35.9 Å². The molecule has 0 heterocycles. The number of aliphatic imine (C=N–C) groups is 1. The number of ether oxygens (including phenoxy) is 1. The number of benzene rings is 1. The smallest absolute Gasteiger partial charge is 0.323 e.